The van der Waals surface area contributed by atoms with Crippen molar-refractivity contribution in [2.75, 3.05) is 13.2 Å². The van der Waals surface area contributed by atoms with Crippen LogP contribution in [-0.2, 0) is 9.47 Å². The Bertz CT molecular complexity index is 554. The molecule has 0 saturated heterocycles. The van der Waals surface area contributed by atoms with E-state index < -0.39 is 12.3 Å². The molecule has 0 spiro atoms. The van der Waals surface area contributed by atoms with E-state index in [9.17, 15) is 9.59 Å². The molecular weight excluding hydrogens is 444 g/mol. The second-order valence-corrected chi connectivity index (χ2v) is 8.64. The largest absolute Gasteiger partial charge is 0.505 e. The van der Waals surface area contributed by atoms with Crippen LogP contribution in [0, 0.1) is 0 Å². The molecule has 0 aliphatic heterocycles. The van der Waals surface area contributed by atoms with E-state index in [-0.39, 0.29) is 0 Å². The second kappa shape index (κ2) is 27.7. The molecule has 6 nitrogen and oxygen atoms in total. The number of rotatable bonds is 24. The molecule has 35 heavy (non-hydrogen) atoms. The maximum atomic E-state index is 10.2. The van der Waals surface area contributed by atoms with E-state index >= 15 is 0 Å². The third kappa shape index (κ3) is 31.5. The molecule has 2 N–H and O–H groups in total. The van der Waals surface area contributed by atoms with Crippen LogP contribution in [-0.4, -0.2) is 35.7 Å². The number of allylic oxidation sites excluding steroid dienone is 8. The Morgan fingerprint density at radius 1 is 0.429 bits per heavy atom. The first-order valence-electron chi connectivity index (χ1n) is 13.4. The van der Waals surface area contributed by atoms with Gasteiger partial charge < -0.3 is 19.7 Å². The van der Waals surface area contributed by atoms with Gasteiger partial charge in [0.25, 0.3) is 0 Å². The van der Waals surface area contributed by atoms with E-state index in [4.69, 9.17) is 10.2 Å². The highest BCUT2D eigenvalue weighted by Gasteiger charge is 1.96. The first-order valence-corrected chi connectivity index (χ1v) is 13.4. The Labute approximate surface area is 212 Å². The summed E-state index contributed by atoms with van der Waals surface area (Å²) >= 11 is 0. The molecule has 0 aromatic carbocycles. The summed E-state index contributed by atoms with van der Waals surface area (Å²) in [5, 5.41) is 16.7. The highest BCUT2D eigenvalue weighted by atomic mass is 16.7. The van der Waals surface area contributed by atoms with Gasteiger partial charge in [0.15, 0.2) is 0 Å². The minimum atomic E-state index is -1.18. The average Bonchev–Trinajstić information content (AvgIpc) is 2.82. The van der Waals surface area contributed by atoms with Crippen molar-refractivity contribution in [1.29, 1.82) is 0 Å². The second-order valence-electron chi connectivity index (χ2n) is 8.64. The molecule has 0 rings (SSSR count). The lowest BCUT2D eigenvalue weighted by Gasteiger charge is -2.01. The van der Waals surface area contributed by atoms with Gasteiger partial charge in [-0.3, -0.25) is 0 Å². The zero-order valence-electron chi connectivity index (χ0n) is 21.6. The zero-order valence-corrected chi connectivity index (χ0v) is 21.6. The van der Waals surface area contributed by atoms with Crippen LogP contribution in [0.4, 0.5) is 9.59 Å². The molecule has 6 heteroatoms. The lowest BCUT2D eigenvalue weighted by Crippen LogP contribution is -2.01. The van der Waals surface area contributed by atoms with Crippen LogP contribution >= 0.6 is 0 Å². The van der Waals surface area contributed by atoms with E-state index in [1.54, 1.807) is 0 Å². The Balaban J connectivity index is 3.33. The number of hydrogen-bond acceptors (Lipinski definition) is 4. The predicted octanol–water partition coefficient (Wildman–Crippen LogP) is 9.23. The quantitative estimate of drug-likeness (QED) is 0.0792. The third-order valence-electron chi connectivity index (χ3n) is 5.46. The van der Waals surface area contributed by atoms with Crippen LogP contribution in [0.2, 0.25) is 0 Å². The molecule has 0 heterocycles. The Morgan fingerprint density at radius 2 is 0.714 bits per heavy atom. The van der Waals surface area contributed by atoms with Gasteiger partial charge in [-0.15, -0.1) is 0 Å². The summed E-state index contributed by atoms with van der Waals surface area (Å²) in [4.78, 5) is 20.4. The fraction of sp³-hybridized carbons (Fsp3) is 0.655. The minimum absolute atomic E-state index is 0.318. The van der Waals surface area contributed by atoms with Crippen molar-refractivity contribution in [3.63, 3.8) is 0 Å². The SMILES string of the molecule is O=C(O)OCCCCCCCCC=CCC=CCC=CCC=CCCCCCCCCOC(=O)O. The van der Waals surface area contributed by atoms with Crippen molar-refractivity contribution in [3.8, 4) is 0 Å². The number of hydrogen-bond donors (Lipinski definition) is 2. The van der Waals surface area contributed by atoms with E-state index in [0.29, 0.717) is 13.2 Å². The van der Waals surface area contributed by atoms with Crippen LogP contribution in [0.3, 0.4) is 0 Å². The molecule has 0 aliphatic rings. The average molecular weight is 493 g/mol. The number of carbonyl (C=O) groups is 2. The molecule has 200 valence electrons. The topological polar surface area (TPSA) is 93.1 Å². The summed E-state index contributed by atoms with van der Waals surface area (Å²) in [6, 6.07) is 0. The summed E-state index contributed by atoms with van der Waals surface area (Å²) in [5.74, 6) is 0. The molecule has 0 radical (unpaired) electrons. The molecule has 0 fully saturated rings. The summed E-state index contributed by atoms with van der Waals surface area (Å²) < 4.78 is 8.97. The van der Waals surface area contributed by atoms with E-state index in [1.165, 1.54) is 38.5 Å². The molecule has 0 aliphatic carbocycles. The molecule has 0 aromatic rings. The van der Waals surface area contributed by atoms with Crippen LogP contribution < -0.4 is 0 Å². The van der Waals surface area contributed by atoms with Gasteiger partial charge in [-0.1, -0.05) is 100.0 Å². The predicted molar refractivity (Wildman–Crippen MR) is 143 cm³/mol. The Hall–Kier alpha value is -2.50. The molecule has 0 amide bonds. The molecule has 0 aromatic heterocycles. The highest BCUT2D eigenvalue weighted by Crippen LogP contribution is 2.09. The van der Waals surface area contributed by atoms with Crippen LogP contribution in [0.5, 0.6) is 0 Å². The summed E-state index contributed by atoms with van der Waals surface area (Å²) in [5.41, 5.74) is 0. The third-order valence-corrected chi connectivity index (χ3v) is 5.46. The molecule has 0 atom stereocenters. The molecule has 0 bridgehead atoms. The molecule has 0 saturated carbocycles. The zero-order chi connectivity index (χ0) is 25.7. The minimum Gasteiger partial charge on any atom is -0.450 e. The van der Waals surface area contributed by atoms with Crippen molar-refractivity contribution < 1.29 is 29.3 Å². The van der Waals surface area contributed by atoms with Crippen molar-refractivity contribution in [1.82, 2.24) is 0 Å². The van der Waals surface area contributed by atoms with E-state index in [0.717, 1.165) is 70.6 Å². The van der Waals surface area contributed by atoms with Gasteiger partial charge >= 0.3 is 12.3 Å². The van der Waals surface area contributed by atoms with Crippen molar-refractivity contribution in [2.45, 2.75) is 109 Å². The van der Waals surface area contributed by atoms with Crippen LogP contribution in [0.25, 0.3) is 0 Å². The maximum Gasteiger partial charge on any atom is 0.505 e. The summed E-state index contributed by atoms with van der Waals surface area (Å²) in [6.45, 7) is 0.636. The Kier molecular flexibility index (Phi) is 25.8. The van der Waals surface area contributed by atoms with E-state index in [1.807, 2.05) is 0 Å². The van der Waals surface area contributed by atoms with E-state index in [2.05, 4.69) is 58.1 Å². The van der Waals surface area contributed by atoms with Gasteiger partial charge in [0.1, 0.15) is 0 Å². The van der Waals surface area contributed by atoms with Gasteiger partial charge in [0.05, 0.1) is 13.2 Å². The van der Waals surface area contributed by atoms with Gasteiger partial charge in [0.2, 0.25) is 0 Å². The van der Waals surface area contributed by atoms with Gasteiger partial charge in [-0.05, 0) is 57.8 Å². The summed E-state index contributed by atoms with van der Waals surface area (Å²) in [7, 11) is 0. The number of ether oxygens (including phenoxy) is 2. The molecular formula is C29H48O6. The fourth-order valence-corrected chi connectivity index (χ4v) is 3.51. The maximum absolute atomic E-state index is 10.2. The van der Waals surface area contributed by atoms with Crippen molar-refractivity contribution >= 4 is 12.3 Å². The van der Waals surface area contributed by atoms with Crippen LogP contribution in [0.1, 0.15) is 109 Å². The molecule has 0 unspecified atom stereocenters. The van der Waals surface area contributed by atoms with Gasteiger partial charge in [-0.2, -0.15) is 0 Å². The fourth-order valence-electron chi connectivity index (χ4n) is 3.51. The number of unbranched alkanes of at least 4 members (excludes halogenated alkanes) is 12. The highest BCUT2D eigenvalue weighted by molar-refractivity contribution is 5.56. The van der Waals surface area contributed by atoms with Crippen molar-refractivity contribution in [2.24, 2.45) is 0 Å². The van der Waals surface area contributed by atoms with Crippen LogP contribution in [0.15, 0.2) is 48.6 Å². The summed E-state index contributed by atoms with van der Waals surface area (Å²) in [6.07, 6.45) is 34.1. The Morgan fingerprint density at radius 3 is 1.06 bits per heavy atom. The van der Waals surface area contributed by atoms with Gasteiger partial charge in [0, 0.05) is 0 Å². The lowest BCUT2D eigenvalue weighted by molar-refractivity contribution is 0.0887. The van der Waals surface area contributed by atoms with Gasteiger partial charge in [-0.25, -0.2) is 9.59 Å². The standard InChI is InChI=1S/C29H48O6/c30-28(31)34-26-24-22-20-18-16-14-12-10-8-6-4-2-1-3-5-7-9-11-13-15-17-19-21-23-25-27-35-29(32)33/h2-5,8-11H,1,6-7,12-27H2,(H,30,31)(H,32,33). The number of carboxylic acid groups (broad SMARTS) is 2. The smallest absolute Gasteiger partial charge is 0.450 e. The normalized spacial score (nSPS) is 11.9. The van der Waals surface area contributed by atoms with Crippen molar-refractivity contribution in [3.05, 3.63) is 48.6 Å². The monoisotopic (exact) mass is 492 g/mol. The lowest BCUT2D eigenvalue weighted by atomic mass is 10.1. The first-order chi connectivity index (χ1) is 17.1. The first kappa shape index (κ1) is 32.5.